The first-order chi connectivity index (χ1) is 11.1. The van der Waals surface area contributed by atoms with Gasteiger partial charge in [0, 0.05) is 17.2 Å². The smallest absolute Gasteiger partial charge is 0.290 e. The molecule has 1 aliphatic carbocycles. The van der Waals surface area contributed by atoms with E-state index in [0.717, 1.165) is 12.8 Å². The van der Waals surface area contributed by atoms with Crippen LogP contribution in [0.4, 0.5) is 5.69 Å². The second-order valence-corrected chi connectivity index (χ2v) is 6.02. The van der Waals surface area contributed by atoms with Crippen LogP contribution in [0.5, 0.6) is 0 Å². The van der Waals surface area contributed by atoms with Gasteiger partial charge in [-0.2, -0.15) is 4.57 Å². The number of nitrogens with zero attached hydrogens (tertiary/aromatic N) is 1. The summed E-state index contributed by atoms with van der Waals surface area (Å²) in [5, 5.41) is 2.84. The molecule has 1 aromatic heterocycles. The highest BCUT2D eigenvalue weighted by atomic mass is 16.2. The van der Waals surface area contributed by atoms with Crippen LogP contribution in [0.2, 0.25) is 0 Å². The van der Waals surface area contributed by atoms with Gasteiger partial charge in [-0.15, -0.1) is 0 Å². The maximum absolute atomic E-state index is 12.3. The number of ketones is 1. The zero-order valence-corrected chi connectivity index (χ0v) is 13.3. The molecule has 2 aromatic rings. The molecule has 1 heterocycles. The summed E-state index contributed by atoms with van der Waals surface area (Å²) in [7, 11) is 0. The normalized spacial score (nSPS) is 13.3. The Kier molecular flexibility index (Phi) is 4.51. The van der Waals surface area contributed by atoms with Gasteiger partial charge in [0.15, 0.2) is 18.2 Å². The number of para-hydroxylation sites is 1. The Morgan fingerprint density at radius 3 is 2.61 bits per heavy atom. The lowest BCUT2D eigenvalue weighted by atomic mass is 9.93. The number of rotatable bonds is 4. The minimum Gasteiger partial charge on any atom is -0.320 e. The average Bonchev–Trinajstić information content (AvgIpc) is 2.55. The van der Waals surface area contributed by atoms with Crippen LogP contribution >= 0.6 is 0 Å². The first-order valence-corrected chi connectivity index (χ1v) is 8.04. The molecule has 1 amide bonds. The van der Waals surface area contributed by atoms with E-state index < -0.39 is 0 Å². The van der Waals surface area contributed by atoms with E-state index in [1.54, 1.807) is 18.2 Å². The number of carbonyl (C=O) groups is 2. The van der Waals surface area contributed by atoms with Crippen LogP contribution in [-0.2, 0) is 24.2 Å². The summed E-state index contributed by atoms with van der Waals surface area (Å²) in [5.74, 6) is -0.179. The second-order valence-electron chi connectivity index (χ2n) is 6.02. The fourth-order valence-electron chi connectivity index (χ4n) is 3.07. The molecule has 4 heteroatoms. The molecular formula is C19H21N2O2+. The maximum Gasteiger partial charge on any atom is 0.290 e. The van der Waals surface area contributed by atoms with Crippen molar-refractivity contribution in [3.63, 3.8) is 0 Å². The Hall–Kier alpha value is -2.49. The zero-order valence-electron chi connectivity index (χ0n) is 13.3. The molecule has 0 bridgehead atoms. The number of carbonyl (C=O) groups excluding carboxylic acids is 2. The van der Waals surface area contributed by atoms with Gasteiger partial charge in [0.05, 0.1) is 5.69 Å². The van der Waals surface area contributed by atoms with Gasteiger partial charge in [-0.25, -0.2) is 0 Å². The molecule has 0 spiro atoms. The first kappa shape index (κ1) is 15.4. The fourth-order valence-corrected chi connectivity index (χ4v) is 3.07. The highest BCUT2D eigenvalue weighted by Crippen LogP contribution is 2.19. The standard InChI is InChI=1S/C19H20N2O2/c1-14(22)17-8-4-5-9-18(17)20-19(23)13-21-11-10-15-6-2-3-7-16(15)12-21/h4-5,8-12H,2-3,6-7,13H2,1H3/p+1. The number of fused-ring (bicyclic) bond motifs is 1. The molecule has 0 saturated carbocycles. The summed E-state index contributed by atoms with van der Waals surface area (Å²) in [4.78, 5) is 23.9. The molecule has 1 aliphatic rings. The number of benzene rings is 1. The van der Waals surface area contributed by atoms with Crippen molar-refractivity contribution in [2.45, 2.75) is 39.2 Å². The first-order valence-electron chi connectivity index (χ1n) is 8.04. The Labute approximate surface area is 136 Å². The Bertz CT molecular complexity index is 753. The number of amides is 1. The van der Waals surface area contributed by atoms with Crippen LogP contribution in [0.1, 0.15) is 41.3 Å². The van der Waals surface area contributed by atoms with Crippen LogP contribution in [0.15, 0.2) is 42.7 Å². The fraction of sp³-hybridized carbons (Fsp3) is 0.316. The second kappa shape index (κ2) is 6.73. The predicted molar refractivity (Wildman–Crippen MR) is 88.4 cm³/mol. The van der Waals surface area contributed by atoms with Crippen molar-refractivity contribution in [3.05, 3.63) is 59.4 Å². The Morgan fingerprint density at radius 1 is 1.09 bits per heavy atom. The molecule has 3 rings (SSSR count). The molecule has 0 aliphatic heterocycles. The van der Waals surface area contributed by atoms with Crippen LogP contribution in [0.25, 0.3) is 0 Å². The van der Waals surface area contributed by atoms with Gasteiger partial charge < -0.3 is 5.32 Å². The van der Waals surface area contributed by atoms with E-state index >= 15 is 0 Å². The quantitative estimate of drug-likeness (QED) is 0.697. The number of pyridine rings is 1. The summed E-state index contributed by atoms with van der Waals surface area (Å²) in [6, 6.07) is 9.21. The van der Waals surface area contributed by atoms with E-state index in [1.807, 2.05) is 16.8 Å². The summed E-state index contributed by atoms with van der Waals surface area (Å²) >= 11 is 0. The summed E-state index contributed by atoms with van der Waals surface area (Å²) < 4.78 is 1.91. The minimum atomic E-state index is -0.126. The Balaban J connectivity index is 1.72. The molecule has 118 valence electrons. The average molecular weight is 309 g/mol. The van der Waals surface area contributed by atoms with Crippen LogP contribution < -0.4 is 9.88 Å². The molecule has 0 radical (unpaired) electrons. The van der Waals surface area contributed by atoms with Gasteiger partial charge in [-0.05, 0) is 50.3 Å². The van der Waals surface area contributed by atoms with Crippen molar-refractivity contribution < 1.29 is 14.2 Å². The number of aryl methyl sites for hydroxylation is 2. The lowest BCUT2D eigenvalue weighted by Gasteiger charge is -2.13. The lowest BCUT2D eigenvalue weighted by molar-refractivity contribution is -0.684. The number of anilines is 1. The van der Waals surface area contributed by atoms with Gasteiger partial charge in [-0.1, -0.05) is 12.1 Å². The summed E-state index contributed by atoms with van der Waals surface area (Å²) in [5.41, 5.74) is 3.85. The largest absolute Gasteiger partial charge is 0.320 e. The number of aromatic nitrogens is 1. The third-order valence-electron chi connectivity index (χ3n) is 4.25. The summed E-state index contributed by atoms with van der Waals surface area (Å²) in [6.45, 7) is 1.75. The number of nitrogens with one attached hydrogen (secondary N) is 1. The molecule has 0 fully saturated rings. The van der Waals surface area contributed by atoms with Crippen LogP contribution in [0, 0.1) is 0 Å². The molecule has 23 heavy (non-hydrogen) atoms. The minimum absolute atomic E-state index is 0.0534. The van der Waals surface area contributed by atoms with Crippen molar-refractivity contribution >= 4 is 17.4 Å². The van der Waals surface area contributed by atoms with Gasteiger partial charge in [0.1, 0.15) is 0 Å². The van der Waals surface area contributed by atoms with E-state index in [4.69, 9.17) is 0 Å². The molecule has 0 saturated heterocycles. The highest BCUT2D eigenvalue weighted by Gasteiger charge is 2.17. The predicted octanol–water partition coefficient (Wildman–Crippen LogP) is 2.69. The van der Waals surface area contributed by atoms with E-state index in [2.05, 4.69) is 17.6 Å². The maximum atomic E-state index is 12.3. The van der Waals surface area contributed by atoms with Gasteiger partial charge >= 0.3 is 0 Å². The van der Waals surface area contributed by atoms with Crippen molar-refractivity contribution in [2.24, 2.45) is 0 Å². The van der Waals surface area contributed by atoms with Crippen molar-refractivity contribution in [3.8, 4) is 0 Å². The van der Waals surface area contributed by atoms with Crippen LogP contribution in [0.3, 0.4) is 0 Å². The molecule has 0 atom stereocenters. The van der Waals surface area contributed by atoms with E-state index in [1.165, 1.54) is 30.9 Å². The van der Waals surface area contributed by atoms with E-state index in [-0.39, 0.29) is 18.2 Å². The topological polar surface area (TPSA) is 50.1 Å². The van der Waals surface area contributed by atoms with Gasteiger partial charge in [0.2, 0.25) is 6.54 Å². The van der Waals surface area contributed by atoms with E-state index in [9.17, 15) is 9.59 Å². The van der Waals surface area contributed by atoms with Gasteiger partial charge in [0.25, 0.3) is 5.91 Å². The molecule has 1 aromatic carbocycles. The Morgan fingerprint density at radius 2 is 1.83 bits per heavy atom. The third kappa shape index (κ3) is 3.65. The molecule has 0 unspecified atom stereocenters. The SMILES string of the molecule is CC(=O)c1ccccc1NC(=O)C[n+]1ccc2c(c1)CCCC2. The third-order valence-corrected chi connectivity index (χ3v) is 4.25. The molecule has 4 nitrogen and oxygen atoms in total. The molecule has 1 N–H and O–H groups in total. The molecular weight excluding hydrogens is 288 g/mol. The number of hydrogen-bond donors (Lipinski definition) is 1. The van der Waals surface area contributed by atoms with E-state index in [0.29, 0.717) is 11.3 Å². The number of Topliss-reactive ketones (excluding diaryl/α,β-unsaturated/α-hetero) is 1. The summed E-state index contributed by atoms with van der Waals surface area (Å²) in [6.07, 6.45) is 8.72. The van der Waals surface area contributed by atoms with Crippen molar-refractivity contribution in [1.29, 1.82) is 0 Å². The van der Waals surface area contributed by atoms with Crippen LogP contribution in [-0.4, -0.2) is 11.7 Å². The van der Waals surface area contributed by atoms with Crippen molar-refractivity contribution in [2.75, 3.05) is 5.32 Å². The lowest BCUT2D eigenvalue weighted by Crippen LogP contribution is -2.40. The zero-order chi connectivity index (χ0) is 16.2. The monoisotopic (exact) mass is 309 g/mol. The van der Waals surface area contributed by atoms with Gasteiger partial charge in [-0.3, -0.25) is 9.59 Å². The van der Waals surface area contributed by atoms with Crippen molar-refractivity contribution in [1.82, 2.24) is 0 Å². The number of hydrogen-bond acceptors (Lipinski definition) is 2. The highest BCUT2D eigenvalue weighted by molar-refractivity contribution is 6.03.